The summed E-state index contributed by atoms with van der Waals surface area (Å²) < 4.78 is 27.2. The van der Waals surface area contributed by atoms with Crippen LogP contribution in [0.1, 0.15) is 22.7 Å². The van der Waals surface area contributed by atoms with Gasteiger partial charge in [0.15, 0.2) is 0 Å². The summed E-state index contributed by atoms with van der Waals surface area (Å²) in [5, 5.41) is 2.76. The first-order chi connectivity index (χ1) is 11.5. The van der Waals surface area contributed by atoms with E-state index in [1.807, 2.05) is 43.3 Å². The average Bonchev–Trinajstić information content (AvgIpc) is 2.55. The summed E-state index contributed by atoms with van der Waals surface area (Å²) in [6, 6.07) is 15.6. The summed E-state index contributed by atoms with van der Waals surface area (Å²) >= 11 is 0. The number of sulfonamides is 1. The highest BCUT2D eigenvalue weighted by molar-refractivity contribution is 7.88. The Morgan fingerprint density at radius 1 is 1.12 bits per heavy atom. The van der Waals surface area contributed by atoms with Crippen molar-refractivity contribution in [3.05, 3.63) is 71.3 Å². The number of carbonyl (C=O) groups excluding carboxylic acids is 1. The third-order valence-corrected chi connectivity index (χ3v) is 5.88. The van der Waals surface area contributed by atoms with Crippen molar-refractivity contribution >= 4 is 15.9 Å². The molecule has 2 aromatic carbocycles. The van der Waals surface area contributed by atoms with Gasteiger partial charge in [0, 0.05) is 13.1 Å². The number of piperazine rings is 1. The van der Waals surface area contributed by atoms with Gasteiger partial charge in [-0.2, -0.15) is 4.31 Å². The third-order valence-electron chi connectivity index (χ3n) is 4.07. The molecule has 0 bridgehead atoms. The minimum absolute atomic E-state index is 0.106. The second-order valence-electron chi connectivity index (χ2n) is 5.96. The highest BCUT2D eigenvalue weighted by Gasteiger charge is 2.38. The SMILES string of the molecule is Cc1cccc(CS(=O)(=O)N2CCNC(=O)C2c2ccccc2)c1. The Bertz CT molecular complexity index is 834. The molecule has 0 saturated carbocycles. The van der Waals surface area contributed by atoms with E-state index in [2.05, 4.69) is 5.32 Å². The van der Waals surface area contributed by atoms with Gasteiger partial charge in [-0.25, -0.2) is 8.42 Å². The first kappa shape index (κ1) is 16.7. The summed E-state index contributed by atoms with van der Waals surface area (Å²) in [6.07, 6.45) is 0. The monoisotopic (exact) mass is 344 g/mol. The second kappa shape index (κ2) is 6.75. The van der Waals surface area contributed by atoms with Gasteiger partial charge < -0.3 is 5.32 Å². The van der Waals surface area contributed by atoms with Crippen molar-refractivity contribution in [3.8, 4) is 0 Å². The molecule has 1 unspecified atom stereocenters. The van der Waals surface area contributed by atoms with E-state index in [0.717, 1.165) is 11.1 Å². The van der Waals surface area contributed by atoms with E-state index in [1.54, 1.807) is 18.2 Å². The first-order valence-electron chi connectivity index (χ1n) is 7.85. The molecule has 1 N–H and O–H groups in total. The van der Waals surface area contributed by atoms with Gasteiger partial charge >= 0.3 is 0 Å². The van der Waals surface area contributed by atoms with Gasteiger partial charge in [0.25, 0.3) is 0 Å². The van der Waals surface area contributed by atoms with E-state index >= 15 is 0 Å². The molecular weight excluding hydrogens is 324 g/mol. The Balaban J connectivity index is 1.93. The van der Waals surface area contributed by atoms with Crippen molar-refractivity contribution < 1.29 is 13.2 Å². The molecule has 0 aliphatic carbocycles. The van der Waals surface area contributed by atoms with Gasteiger partial charge in [0.05, 0.1) is 5.75 Å². The molecule has 1 atom stereocenters. The molecule has 1 heterocycles. The number of aryl methyl sites for hydroxylation is 1. The van der Waals surface area contributed by atoms with Crippen molar-refractivity contribution in [2.24, 2.45) is 0 Å². The van der Waals surface area contributed by atoms with E-state index < -0.39 is 16.1 Å². The first-order valence-corrected chi connectivity index (χ1v) is 9.46. The quantitative estimate of drug-likeness (QED) is 0.922. The number of nitrogens with one attached hydrogen (secondary N) is 1. The number of benzene rings is 2. The molecule has 1 aliphatic rings. The molecule has 1 aliphatic heterocycles. The van der Waals surface area contributed by atoms with Crippen LogP contribution in [0.2, 0.25) is 0 Å². The zero-order chi connectivity index (χ0) is 17.2. The molecule has 0 spiro atoms. The molecular formula is C18H20N2O3S. The Labute approximate surface area is 142 Å². The maximum Gasteiger partial charge on any atom is 0.243 e. The van der Waals surface area contributed by atoms with Crippen LogP contribution in [-0.4, -0.2) is 31.7 Å². The van der Waals surface area contributed by atoms with E-state index in [4.69, 9.17) is 0 Å². The number of hydrogen-bond donors (Lipinski definition) is 1. The van der Waals surface area contributed by atoms with Gasteiger partial charge in [-0.3, -0.25) is 4.79 Å². The van der Waals surface area contributed by atoms with Crippen LogP contribution in [0.25, 0.3) is 0 Å². The molecule has 1 fully saturated rings. The highest BCUT2D eigenvalue weighted by atomic mass is 32.2. The van der Waals surface area contributed by atoms with Gasteiger partial charge in [0.1, 0.15) is 6.04 Å². The summed E-state index contributed by atoms with van der Waals surface area (Å²) in [5.74, 6) is -0.383. The van der Waals surface area contributed by atoms with Gasteiger partial charge in [0.2, 0.25) is 15.9 Å². The van der Waals surface area contributed by atoms with Crippen molar-refractivity contribution in [3.63, 3.8) is 0 Å². The highest BCUT2D eigenvalue weighted by Crippen LogP contribution is 2.27. The van der Waals surface area contributed by atoms with E-state index in [1.165, 1.54) is 4.31 Å². The maximum absolute atomic E-state index is 12.9. The Morgan fingerprint density at radius 2 is 1.88 bits per heavy atom. The molecule has 0 aromatic heterocycles. The zero-order valence-corrected chi connectivity index (χ0v) is 14.3. The molecule has 126 valence electrons. The predicted octanol–water partition coefficient (Wildman–Crippen LogP) is 2.00. The van der Waals surface area contributed by atoms with Crippen LogP contribution in [0.15, 0.2) is 54.6 Å². The second-order valence-corrected chi connectivity index (χ2v) is 7.88. The molecule has 6 heteroatoms. The molecule has 0 radical (unpaired) electrons. The minimum atomic E-state index is -3.61. The van der Waals surface area contributed by atoms with Gasteiger partial charge in [-0.15, -0.1) is 0 Å². The molecule has 2 aromatic rings. The predicted molar refractivity (Wildman–Crippen MR) is 92.7 cm³/mol. The van der Waals surface area contributed by atoms with Gasteiger partial charge in [-0.1, -0.05) is 60.2 Å². The smallest absolute Gasteiger partial charge is 0.243 e. The van der Waals surface area contributed by atoms with Crippen molar-refractivity contribution in [1.29, 1.82) is 0 Å². The summed E-state index contributed by atoms with van der Waals surface area (Å²) in [5.41, 5.74) is 2.43. The molecule has 3 rings (SSSR count). The lowest BCUT2D eigenvalue weighted by Crippen LogP contribution is -2.52. The van der Waals surface area contributed by atoms with Crippen LogP contribution in [0.3, 0.4) is 0 Å². The Hall–Kier alpha value is -2.18. The normalized spacial score (nSPS) is 19.0. The van der Waals surface area contributed by atoms with Gasteiger partial charge in [-0.05, 0) is 18.1 Å². The summed E-state index contributed by atoms with van der Waals surface area (Å²) in [7, 11) is -3.61. The minimum Gasteiger partial charge on any atom is -0.353 e. The van der Waals surface area contributed by atoms with Crippen LogP contribution >= 0.6 is 0 Å². The Morgan fingerprint density at radius 3 is 2.58 bits per heavy atom. The topological polar surface area (TPSA) is 66.5 Å². The lowest BCUT2D eigenvalue weighted by molar-refractivity contribution is -0.126. The third kappa shape index (κ3) is 3.49. The van der Waals surface area contributed by atoms with Crippen LogP contribution in [0.4, 0.5) is 0 Å². The van der Waals surface area contributed by atoms with Crippen molar-refractivity contribution in [2.45, 2.75) is 18.7 Å². The van der Waals surface area contributed by atoms with Crippen molar-refractivity contribution in [2.75, 3.05) is 13.1 Å². The van der Waals surface area contributed by atoms with E-state index in [9.17, 15) is 13.2 Å². The number of hydrogen-bond acceptors (Lipinski definition) is 3. The Kier molecular flexibility index (Phi) is 4.69. The number of amides is 1. The van der Waals surface area contributed by atoms with Crippen LogP contribution in [0, 0.1) is 6.92 Å². The molecule has 5 nitrogen and oxygen atoms in total. The van der Waals surface area contributed by atoms with Crippen LogP contribution in [-0.2, 0) is 20.6 Å². The summed E-state index contributed by atoms with van der Waals surface area (Å²) in [4.78, 5) is 12.3. The van der Waals surface area contributed by atoms with Crippen LogP contribution < -0.4 is 5.32 Å². The summed E-state index contributed by atoms with van der Waals surface area (Å²) in [6.45, 7) is 2.53. The number of rotatable bonds is 4. The van der Waals surface area contributed by atoms with Crippen LogP contribution in [0.5, 0.6) is 0 Å². The molecule has 1 saturated heterocycles. The average molecular weight is 344 g/mol. The number of nitrogens with zero attached hydrogens (tertiary/aromatic N) is 1. The van der Waals surface area contributed by atoms with E-state index in [0.29, 0.717) is 12.1 Å². The lowest BCUT2D eigenvalue weighted by atomic mass is 10.1. The fourth-order valence-electron chi connectivity index (χ4n) is 2.99. The molecule has 1 amide bonds. The largest absolute Gasteiger partial charge is 0.353 e. The molecule has 24 heavy (non-hydrogen) atoms. The van der Waals surface area contributed by atoms with Crippen molar-refractivity contribution in [1.82, 2.24) is 9.62 Å². The standard InChI is InChI=1S/C18H20N2O3S/c1-14-6-5-7-15(12-14)13-24(22,23)20-11-10-19-18(21)17(20)16-8-3-2-4-9-16/h2-9,12,17H,10-11,13H2,1H3,(H,19,21). The fraction of sp³-hybridized carbons (Fsp3) is 0.278. The maximum atomic E-state index is 12.9. The number of carbonyl (C=O) groups is 1. The zero-order valence-electron chi connectivity index (χ0n) is 13.5. The van der Waals surface area contributed by atoms with E-state index in [-0.39, 0.29) is 18.2 Å². The fourth-order valence-corrected chi connectivity index (χ4v) is 4.67. The lowest BCUT2D eigenvalue weighted by Gasteiger charge is -2.34.